The second kappa shape index (κ2) is 5.63. The van der Waals surface area contributed by atoms with Crippen molar-refractivity contribution < 1.29 is 9.90 Å². The molecule has 0 spiro atoms. The van der Waals surface area contributed by atoms with Crippen LogP contribution in [0.2, 0.25) is 0 Å². The van der Waals surface area contributed by atoms with Crippen molar-refractivity contribution in [1.29, 1.82) is 0 Å². The van der Waals surface area contributed by atoms with Crippen molar-refractivity contribution >= 4 is 17.0 Å². The van der Waals surface area contributed by atoms with E-state index < -0.39 is 5.97 Å². The van der Waals surface area contributed by atoms with Gasteiger partial charge < -0.3 is 14.6 Å². The number of carbonyl (C=O) groups is 1. The highest BCUT2D eigenvalue weighted by molar-refractivity contribution is 6.01. The Labute approximate surface area is 118 Å². The van der Waals surface area contributed by atoms with Gasteiger partial charge in [-0.2, -0.15) is 0 Å². The number of carboxylic acid groups (broad SMARTS) is 1. The lowest BCUT2D eigenvalue weighted by Gasteiger charge is -2.19. The number of aromatic carboxylic acids is 1. The zero-order valence-corrected chi connectivity index (χ0v) is 12.4. The maximum absolute atomic E-state index is 11.4. The van der Waals surface area contributed by atoms with Gasteiger partial charge in [-0.1, -0.05) is 6.07 Å². The van der Waals surface area contributed by atoms with Crippen LogP contribution >= 0.6 is 0 Å². The summed E-state index contributed by atoms with van der Waals surface area (Å²) in [7, 11) is 4.07. The molecule has 0 saturated heterocycles. The summed E-state index contributed by atoms with van der Waals surface area (Å²) in [6.45, 7) is 4.99. The predicted octanol–water partition coefficient (Wildman–Crippen LogP) is 2.56. The van der Waals surface area contributed by atoms with E-state index >= 15 is 0 Å². The van der Waals surface area contributed by atoms with E-state index in [-0.39, 0.29) is 6.04 Å². The average molecular weight is 275 g/mol. The lowest BCUT2D eigenvalue weighted by Crippen LogP contribution is -2.18. The topological polar surface area (TPSA) is 58.4 Å². The summed E-state index contributed by atoms with van der Waals surface area (Å²) in [6, 6.07) is 5.46. The molecule has 0 fully saturated rings. The van der Waals surface area contributed by atoms with E-state index in [1.807, 2.05) is 31.7 Å². The van der Waals surface area contributed by atoms with E-state index in [2.05, 4.69) is 16.8 Å². The van der Waals surface area contributed by atoms with Crippen LogP contribution in [0.4, 0.5) is 0 Å². The summed E-state index contributed by atoms with van der Waals surface area (Å²) in [4.78, 5) is 18.0. The number of imidazole rings is 1. The van der Waals surface area contributed by atoms with Crippen molar-refractivity contribution in [3.63, 3.8) is 0 Å². The summed E-state index contributed by atoms with van der Waals surface area (Å²) in [5.74, 6) is -0.0449. The summed E-state index contributed by atoms with van der Waals surface area (Å²) in [5, 5.41) is 9.37. The minimum Gasteiger partial charge on any atom is -0.478 e. The summed E-state index contributed by atoms with van der Waals surface area (Å²) in [5.41, 5.74) is 1.79. The van der Waals surface area contributed by atoms with Crippen LogP contribution in [-0.2, 0) is 0 Å². The molecule has 0 aliphatic rings. The Kier molecular flexibility index (Phi) is 4.09. The molecular formula is C15H21N3O2. The fraction of sp³-hybridized carbons (Fsp3) is 0.467. The second-order valence-electron chi connectivity index (χ2n) is 5.45. The van der Waals surface area contributed by atoms with Crippen molar-refractivity contribution in [1.82, 2.24) is 14.5 Å². The fourth-order valence-corrected chi connectivity index (χ4v) is 2.55. The van der Waals surface area contributed by atoms with E-state index in [9.17, 15) is 9.90 Å². The first-order valence-corrected chi connectivity index (χ1v) is 6.77. The van der Waals surface area contributed by atoms with E-state index in [1.165, 1.54) is 0 Å². The van der Waals surface area contributed by atoms with Gasteiger partial charge in [0.25, 0.3) is 0 Å². The molecule has 2 aromatic rings. The van der Waals surface area contributed by atoms with Gasteiger partial charge in [0.05, 0.1) is 16.6 Å². The van der Waals surface area contributed by atoms with E-state index in [0.29, 0.717) is 5.56 Å². The van der Waals surface area contributed by atoms with Gasteiger partial charge in [0.15, 0.2) is 0 Å². The molecule has 1 heterocycles. The number of aromatic nitrogens is 2. The van der Waals surface area contributed by atoms with Gasteiger partial charge in [-0.15, -0.1) is 0 Å². The Morgan fingerprint density at radius 2 is 2.15 bits per heavy atom. The van der Waals surface area contributed by atoms with Gasteiger partial charge in [0, 0.05) is 6.04 Å². The van der Waals surface area contributed by atoms with Crippen molar-refractivity contribution in [3.05, 3.63) is 29.6 Å². The van der Waals surface area contributed by atoms with Crippen molar-refractivity contribution in [2.24, 2.45) is 0 Å². The van der Waals surface area contributed by atoms with Crippen molar-refractivity contribution in [3.8, 4) is 0 Å². The molecule has 1 aromatic heterocycles. The molecule has 20 heavy (non-hydrogen) atoms. The number of para-hydroxylation sites is 1. The third-order valence-electron chi connectivity index (χ3n) is 3.55. The summed E-state index contributed by atoms with van der Waals surface area (Å²) >= 11 is 0. The number of hydrogen-bond acceptors (Lipinski definition) is 3. The molecule has 1 unspecified atom stereocenters. The Morgan fingerprint density at radius 1 is 1.45 bits per heavy atom. The molecule has 108 valence electrons. The first-order valence-electron chi connectivity index (χ1n) is 6.77. The molecule has 0 aliphatic carbocycles. The number of hydrogen-bond donors (Lipinski definition) is 1. The Morgan fingerprint density at radius 3 is 2.75 bits per heavy atom. The molecule has 0 saturated carbocycles. The first-order chi connectivity index (χ1) is 9.41. The molecule has 0 amide bonds. The molecule has 1 atom stereocenters. The molecule has 5 heteroatoms. The van der Waals surface area contributed by atoms with Gasteiger partial charge in [-0.05, 0) is 53.0 Å². The van der Waals surface area contributed by atoms with Gasteiger partial charge in [-0.25, -0.2) is 9.78 Å². The highest BCUT2D eigenvalue weighted by Gasteiger charge is 2.19. The number of rotatable bonds is 5. The van der Waals surface area contributed by atoms with Crippen LogP contribution < -0.4 is 0 Å². The normalized spacial score (nSPS) is 13.1. The Hall–Kier alpha value is -1.88. The van der Waals surface area contributed by atoms with Crippen LogP contribution in [0.5, 0.6) is 0 Å². The van der Waals surface area contributed by atoms with Crippen molar-refractivity contribution in [2.75, 3.05) is 20.6 Å². The average Bonchev–Trinajstić information content (AvgIpc) is 2.71. The molecule has 0 bridgehead atoms. The van der Waals surface area contributed by atoms with Crippen LogP contribution in [0, 0.1) is 6.92 Å². The van der Waals surface area contributed by atoms with Gasteiger partial charge in [0.1, 0.15) is 5.82 Å². The van der Waals surface area contributed by atoms with E-state index in [0.717, 1.165) is 29.8 Å². The number of aryl methyl sites for hydroxylation is 1. The number of fused-ring (bicyclic) bond motifs is 1. The van der Waals surface area contributed by atoms with Crippen LogP contribution in [0.15, 0.2) is 18.2 Å². The number of benzene rings is 1. The van der Waals surface area contributed by atoms with Crippen LogP contribution in [0.25, 0.3) is 11.0 Å². The third-order valence-corrected chi connectivity index (χ3v) is 3.55. The fourth-order valence-electron chi connectivity index (χ4n) is 2.55. The highest BCUT2D eigenvalue weighted by atomic mass is 16.4. The minimum atomic E-state index is -0.906. The number of nitrogens with zero attached hydrogens (tertiary/aromatic N) is 3. The summed E-state index contributed by atoms with van der Waals surface area (Å²) in [6.07, 6.45) is 0.952. The maximum atomic E-state index is 11.4. The quantitative estimate of drug-likeness (QED) is 0.911. The smallest absolute Gasteiger partial charge is 0.337 e. The first kappa shape index (κ1) is 14.5. The lowest BCUT2D eigenvalue weighted by atomic mass is 10.1. The predicted molar refractivity (Wildman–Crippen MR) is 79.3 cm³/mol. The third kappa shape index (κ3) is 2.67. The van der Waals surface area contributed by atoms with E-state index in [1.54, 1.807) is 12.1 Å². The largest absolute Gasteiger partial charge is 0.478 e. The molecule has 0 radical (unpaired) electrons. The lowest BCUT2D eigenvalue weighted by molar-refractivity contribution is 0.0698. The van der Waals surface area contributed by atoms with E-state index in [4.69, 9.17) is 0 Å². The molecular weight excluding hydrogens is 254 g/mol. The Bertz CT molecular complexity index is 631. The standard InChI is InChI=1S/C15H21N3O2/c1-10(8-9-17(3)4)18-11(2)16-13-7-5-6-12(14(13)18)15(19)20/h5-7,10H,8-9H2,1-4H3,(H,19,20). The number of carboxylic acids is 1. The monoisotopic (exact) mass is 275 g/mol. The maximum Gasteiger partial charge on any atom is 0.337 e. The van der Waals surface area contributed by atoms with Gasteiger partial charge >= 0.3 is 5.97 Å². The molecule has 1 aromatic carbocycles. The molecule has 0 aliphatic heterocycles. The molecule has 2 rings (SSSR count). The molecule has 1 N–H and O–H groups in total. The SMILES string of the molecule is Cc1nc2cccc(C(=O)O)c2n1C(C)CCN(C)C. The van der Waals surface area contributed by atoms with Crippen LogP contribution in [0.1, 0.15) is 35.6 Å². The van der Waals surface area contributed by atoms with Crippen LogP contribution in [0.3, 0.4) is 0 Å². The molecule has 5 nitrogen and oxygen atoms in total. The van der Waals surface area contributed by atoms with Crippen molar-refractivity contribution in [2.45, 2.75) is 26.3 Å². The highest BCUT2D eigenvalue weighted by Crippen LogP contribution is 2.26. The summed E-state index contributed by atoms with van der Waals surface area (Å²) < 4.78 is 2.04. The van der Waals surface area contributed by atoms with Gasteiger partial charge in [-0.3, -0.25) is 0 Å². The Balaban J connectivity index is 2.51. The zero-order valence-electron chi connectivity index (χ0n) is 12.4. The second-order valence-corrected chi connectivity index (χ2v) is 5.45. The van der Waals surface area contributed by atoms with Gasteiger partial charge in [0.2, 0.25) is 0 Å². The van der Waals surface area contributed by atoms with Crippen LogP contribution in [-0.4, -0.2) is 46.2 Å². The minimum absolute atomic E-state index is 0.211. The zero-order chi connectivity index (χ0) is 14.9.